The zero-order valence-corrected chi connectivity index (χ0v) is 9.80. The van der Waals surface area contributed by atoms with Gasteiger partial charge in [0.1, 0.15) is 5.75 Å². The Kier molecular flexibility index (Phi) is 2.61. The van der Waals surface area contributed by atoms with Crippen molar-refractivity contribution in [3.8, 4) is 5.75 Å². The van der Waals surface area contributed by atoms with E-state index < -0.39 is 0 Å². The molecule has 2 heteroatoms. The molecular weight excluding hydrogens is 222 g/mol. The summed E-state index contributed by atoms with van der Waals surface area (Å²) in [6.07, 6.45) is 9.64. The van der Waals surface area contributed by atoms with E-state index in [1.54, 1.807) is 6.07 Å². The minimum atomic E-state index is 0.288. The molecule has 0 fully saturated rings. The van der Waals surface area contributed by atoms with Crippen LogP contribution in [-0.2, 0) is 0 Å². The van der Waals surface area contributed by atoms with Crippen molar-refractivity contribution in [3.63, 3.8) is 0 Å². The van der Waals surface area contributed by atoms with E-state index in [9.17, 15) is 5.11 Å². The van der Waals surface area contributed by atoms with Crippen LogP contribution in [0.1, 0.15) is 5.56 Å². The van der Waals surface area contributed by atoms with Crippen LogP contribution in [-0.4, -0.2) is 5.11 Å². The van der Waals surface area contributed by atoms with E-state index in [1.165, 1.54) is 0 Å². The molecule has 2 nitrogen and oxygen atoms in total. The Hall–Kier alpha value is -2.48. The van der Waals surface area contributed by atoms with Crippen LogP contribution < -0.4 is 5.32 Å². The molecule has 0 aromatic heterocycles. The molecule has 1 aliphatic heterocycles. The first-order valence-electron chi connectivity index (χ1n) is 5.87. The maximum Gasteiger partial charge on any atom is 0.125 e. The number of fused-ring (bicyclic) bond motifs is 1. The molecule has 0 unspecified atom stereocenters. The van der Waals surface area contributed by atoms with Gasteiger partial charge in [0.25, 0.3) is 0 Å². The van der Waals surface area contributed by atoms with E-state index in [1.807, 2.05) is 60.8 Å². The van der Waals surface area contributed by atoms with Gasteiger partial charge in [-0.15, -0.1) is 0 Å². The van der Waals surface area contributed by atoms with Crippen LogP contribution in [0.15, 0.2) is 66.9 Å². The number of allylic oxidation sites excluding steroid dienone is 4. The van der Waals surface area contributed by atoms with Crippen LogP contribution in [0.5, 0.6) is 5.75 Å². The number of phenolic OH excluding ortho intramolecular Hbond substituents is 1. The second-order valence-electron chi connectivity index (χ2n) is 4.15. The largest absolute Gasteiger partial charge is 0.507 e. The lowest BCUT2D eigenvalue weighted by atomic mass is 10.0. The lowest BCUT2D eigenvalue weighted by Crippen LogP contribution is -2.03. The highest BCUT2D eigenvalue weighted by molar-refractivity contribution is 5.96. The SMILES string of the molecule is Oc1ccc2ccccc2c1C1=CC=CC=CN1. The summed E-state index contributed by atoms with van der Waals surface area (Å²) in [5.41, 5.74) is 1.73. The molecule has 18 heavy (non-hydrogen) atoms. The standard InChI is InChI=1S/C16H13NO/c18-15-10-9-12-6-3-4-7-13(12)16(15)14-8-2-1-5-11-17-14/h1-11,17-18H. The molecule has 0 atom stereocenters. The second kappa shape index (κ2) is 4.41. The molecule has 0 radical (unpaired) electrons. The molecular formula is C16H13NO. The van der Waals surface area contributed by atoms with Crippen molar-refractivity contribution in [2.45, 2.75) is 0 Å². The average molecular weight is 235 g/mol. The topological polar surface area (TPSA) is 32.3 Å². The molecule has 0 saturated carbocycles. The number of nitrogens with one attached hydrogen (secondary N) is 1. The Morgan fingerprint density at radius 1 is 0.889 bits per heavy atom. The molecule has 2 aromatic carbocycles. The van der Waals surface area contributed by atoms with E-state index in [0.717, 1.165) is 22.0 Å². The van der Waals surface area contributed by atoms with Crippen molar-refractivity contribution in [2.75, 3.05) is 0 Å². The fraction of sp³-hybridized carbons (Fsp3) is 0. The lowest BCUT2D eigenvalue weighted by molar-refractivity contribution is 0.474. The Balaban J connectivity index is 2.27. The maximum atomic E-state index is 10.1. The summed E-state index contributed by atoms with van der Waals surface area (Å²) in [4.78, 5) is 0. The van der Waals surface area contributed by atoms with Crippen LogP contribution in [0.4, 0.5) is 0 Å². The Bertz CT molecular complexity index is 681. The molecule has 0 spiro atoms. The smallest absolute Gasteiger partial charge is 0.125 e. The summed E-state index contributed by atoms with van der Waals surface area (Å²) in [5.74, 6) is 0.288. The molecule has 1 aliphatic rings. The number of rotatable bonds is 1. The Morgan fingerprint density at radius 3 is 2.72 bits per heavy atom. The zero-order valence-electron chi connectivity index (χ0n) is 9.80. The monoisotopic (exact) mass is 235 g/mol. The Labute approximate surface area is 106 Å². The van der Waals surface area contributed by atoms with Gasteiger partial charge in [-0.05, 0) is 29.0 Å². The predicted molar refractivity (Wildman–Crippen MR) is 75.0 cm³/mol. The van der Waals surface area contributed by atoms with Gasteiger partial charge in [0.05, 0.1) is 0 Å². The van der Waals surface area contributed by atoms with E-state index in [-0.39, 0.29) is 5.75 Å². The summed E-state index contributed by atoms with van der Waals surface area (Å²) < 4.78 is 0. The molecule has 2 aromatic rings. The van der Waals surface area contributed by atoms with E-state index in [4.69, 9.17) is 0 Å². The third-order valence-corrected chi connectivity index (χ3v) is 3.00. The maximum absolute atomic E-state index is 10.1. The minimum absolute atomic E-state index is 0.288. The molecule has 0 saturated heterocycles. The number of phenols is 1. The van der Waals surface area contributed by atoms with E-state index >= 15 is 0 Å². The number of hydrogen-bond donors (Lipinski definition) is 2. The van der Waals surface area contributed by atoms with Crippen LogP contribution in [0, 0.1) is 0 Å². The highest BCUT2D eigenvalue weighted by Crippen LogP contribution is 2.32. The van der Waals surface area contributed by atoms with Crippen molar-refractivity contribution in [1.29, 1.82) is 0 Å². The highest BCUT2D eigenvalue weighted by atomic mass is 16.3. The van der Waals surface area contributed by atoms with Gasteiger partial charge in [-0.25, -0.2) is 0 Å². The van der Waals surface area contributed by atoms with Gasteiger partial charge < -0.3 is 10.4 Å². The van der Waals surface area contributed by atoms with Gasteiger partial charge in [0, 0.05) is 17.5 Å². The first-order chi connectivity index (χ1) is 8.86. The number of benzene rings is 2. The van der Waals surface area contributed by atoms with Crippen LogP contribution >= 0.6 is 0 Å². The highest BCUT2D eigenvalue weighted by Gasteiger charge is 2.10. The van der Waals surface area contributed by atoms with Crippen molar-refractivity contribution in [1.82, 2.24) is 5.32 Å². The number of aromatic hydroxyl groups is 1. The van der Waals surface area contributed by atoms with Crippen molar-refractivity contribution in [2.24, 2.45) is 0 Å². The third-order valence-electron chi connectivity index (χ3n) is 3.00. The van der Waals surface area contributed by atoms with Crippen LogP contribution in [0.3, 0.4) is 0 Å². The average Bonchev–Trinajstić information content (AvgIpc) is 2.67. The molecule has 0 bridgehead atoms. The second-order valence-corrected chi connectivity index (χ2v) is 4.15. The van der Waals surface area contributed by atoms with Gasteiger partial charge in [0.15, 0.2) is 0 Å². The lowest BCUT2D eigenvalue weighted by Gasteiger charge is -2.12. The summed E-state index contributed by atoms with van der Waals surface area (Å²) in [5, 5.41) is 15.5. The van der Waals surface area contributed by atoms with E-state index in [0.29, 0.717) is 0 Å². The first-order valence-corrected chi connectivity index (χ1v) is 5.87. The van der Waals surface area contributed by atoms with Crippen LogP contribution in [0.25, 0.3) is 16.5 Å². The zero-order chi connectivity index (χ0) is 12.4. The Morgan fingerprint density at radius 2 is 1.78 bits per heavy atom. The number of hydrogen-bond acceptors (Lipinski definition) is 2. The van der Waals surface area contributed by atoms with Gasteiger partial charge >= 0.3 is 0 Å². The fourth-order valence-electron chi connectivity index (χ4n) is 2.16. The van der Waals surface area contributed by atoms with E-state index in [2.05, 4.69) is 5.32 Å². The third kappa shape index (κ3) is 1.78. The quantitative estimate of drug-likeness (QED) is 0.792. The molecule has 3 rings (SSSR count). The summed E-state index contributed by atoms with van der Waals surface area (Å²) in [6.45, 7) is 0. The molecule has 0 amide bonds. The summed E-state index contributed by atoms with van der Waals surface area (Å²) >= 11 is 0. The predicted octanol–water partition coefficient (Wildman–Crippen LogP) is 3.56. The summed E-state index contributed by atoms with van der Waals surface area (Å²) in [7, 11) is 0. The van der Waals surface area contributed by atoms with Crippen molar-refractivity contribution in [3.05, 3.63) is 72.5 Å². The van der Waals surface area contributed by atoms with Gasteiger partial charge in [-0.1, -0.05) is 42.5 Å². The molecule has 1 heterocycles. The molecule has 0 aliphatic carbocycles. The molecule has 88 valence electrons. The van der Waals surface area contributed by atoms with Crippen molar-refractivity contribution < 1.29 is 5.11 Å². The molecule has 2 N–H and O–H groups in total. The van der Waals surface area contributed by atoms with Gasteiger partial charge in [0.2, 0.25) is 0 Å². The van der Waals surface area contributed by atoms with Gasteiger partial charge in [-0.3, -0.25) is 0 Å². The van der Waals surface area contributed by atoms with Crippen LogP contribution in [0.2, 0.25) is 0 Å². The first kappa shape index (κ1) is 10.7. The minimum Gasteiger partial charge on any atom is -0.507 e. The summed E-state index contributed by atoms with van der Waals surface area (Å²) in [6, 6.07) is 11.7. The normalized spacial score (nSPS) is 14.1. The van der Waals surface area contributed by atoms with Crippen molar-refractivity contribution >= 4 is 16.5 Å². The fourth-order valence-corrected chi connectivity index (χ4v) is 2.16. The van der Waals surface area contributed by atoms with Gasteiger partial charge in [-0.2, -0.15) is 0 Å².